The number of carbonyl (C=O) groups is 1. The predicted octanol–water partition coefficient (Wildman–Crippen LogP) is 4.20. The van der Waals surface area contributed by atoms with Crippen LogP contribution in [-0.2, 0) is 0 Å². The van der Waals surface area contributed by atoms with E-state index < -0.39 is 0 Å². The normalized spacial score (nSPS) is 11.2. The molecule has 0 saturated carbocycles. The third-order valence-electron chi connectivity index (χ3n) is 3.36. The fraction of sp³-hybridized carbons (Fsp3) is 0. The highest BCUT2D eigenvalue weighted by molar-refractivity contribution is 8.01. The zero-order chi connectivity index (χ0) is 17.8. The van der Waals surface area contributed by atoms with Crippen LogP contribution in [0.2, 0.25) is 0 Å². The van der Waals surface area contributed by atoms with Crippen LogP contribution < -0.4 is 5.43 Å². The SMILES string of the molecule is O=C(N/N=C\c1ccc(Sc2nc3ccccc3s2)o1)c1ccncc1. The number of carbonyl (C=O) groups excluding carboxylic acids is 1. The lowest BCUT2D eigenvalue weighted by molar-refractivity contribution is 0.0955. The average molecular weight is 380 g/mol. The van der Waals surface area contributed by atoms with Gasteiger partial charge in [-0.2, -0.15) is 5.10 Å². The lowest BCUT2D eigenvalue weighted by Crippen LogP contribution is -2.17. The number of fused-ring (bicyclic) bond motifs is 1. The minimum Gasteiger partial charge on any atom is -0.448 e. The number of para-hydroxylation sites is 1. The second kappa shape index (κ2) is 7.51. The largest absolute Gasteiger partial charge is 0.448 e. The fourth-order valence-electron chi connectivity index (χ4n) is 2.16. The molecule has 4 rings (SSSR count). The molecule has 0 radical (unpaired) electrons. The maximum Gasteiger partial charge on any atom is 0.271 e. The quantitative estimate of drug-likeness (QED) is 0.415. The second-order valence-corrected chi connectivity index (χ2v) is 7.42. The van der Waals surface area contributed by atoms with Gasteiger partial charge in [0.05, 0.1) is 16.4 Å². The summed E-state index contributed by atoms with van der Waals surface area (Å²) in [5.74, 6) is 0.239. The van der Waals surface area contributed by atoms with Crippen molar-refractivity contribution < 1.29 is 9.21 Å². The Bertz CT molecular complexity index is 1040. The van der Waals surface area contributed by atoms with Crippen LogP contribution in [0.15, 0.2) is 79.9 Å². The molecule has 0 aliphatic carbocycles. The molecule has 0 atom stereocenters. The summed E-state index contributed by atoms with van der Waals surface area (Å²) >= 11 is 3.07. The van der Waals surface area contributed by atoms with Gasteiger partial charge in [0.25, 0.3) is 5.91 Å². The predicted molar refractivity (Wildman–Crippen MR) is 102 cm³/mol. The number of amides is 1. The van der Waals surface area contributed by atoms with Gasteiger partial charge in [0.2, 0.25) is 0 Å². The van der Waals surface area contributed by atoms with E-state index in [4.69, 9.17) is 4.42 Å². The Kier molecular flexibility index (Phi) is 4.76. The Morgan fingerprint density at radius 2 is 2.00 bits per heavy atom. The first-order valence-corrected chi connectivity index (χ1v) is 9.28. The molecule has 0 fully saturated rings. The Morgan fingerprint density at radius 1 is 1.15 bits per heavy atom. The summed E-state index contributed by atoms with van der Waals surface area (Å²) in [6.07, 6.45) is 4.56. The maximum atomic E-state index is 11.9. The van der Waals surface area contributed by atoms with Crippen molar-refractivity contribution in [3.8, 4) is 0 Å². The minimum atomic E-state index is -0.306. The van der Waals surface area contributed by atoms with Crippen LogP contribution in [-0.4, -0.2) is 22.1 Å². The summed E-state index contributed by atoms with van der Waals surface area (Å²) in [6.45, 7) is 0. The Balaban J connectivity index is 1.39. The number of benzene rings is 1. The van der Waals surface area contributed by atoms with Gasteiger partial charge in [-0.05, 0) is 48.2 Å². The van der Waals surface area contributed by atoms with Gasteiger partial charge in [0.15, 0.2) is 9.43 Å². The Labute approximate surface area is 157 Å². The van der Waals surface area contributed by atoms with E-state index in [0.717, 1.165) is 14.6 Å². The van der Waals surface area contributed by atoms with Gasteiger partial charge in [-0.15, -0.1) is 11.3 Å². The highest BCUT2D eigenvalue weighted by atomic mass is 32.2. The van der Waals surface area contributed by atoms with Crippen molar-refractivity contribution >= 4 is 45.4 Å². The number of thiazole rings is 1. The molecule has 26 heavy (non-hydrogen) atoms. The molecule has 0 unspecified atom stereocenters. The van der Waals surface area contributed by atoms with Crippen LogP contribution in [0.4, 0.5) is 0 Å². The van der Waals surface area contributed by atoms with Crippen molar-refractivity contribution in [1.82, 2.24) is 15.4 Å². The summed E-state index contributed by atoms with van der Waals surface area (Å²) in [7, 11) is 0. The standard InChI is InChI=1S/C18H12N4O2S2/c23-17(12-7-9-19-10-8-12)22-20-11-13-5-6-16(24-13)26-18-21-14-3-1-2-4-15(14)25-18/h1-11H,(H,22,23)/b20-11-. The molecule has 0 saturated heterocycles. The zero-order valence-electron chi connectivity index (χ0n) is 13.3. The first-order valence-electron chi connectivity index (χ1n) is 7.65. The molecule has 3 aromatic heterocycles. The van der Waals surface area contributed by atoms with Crippen LogP contribution in [0.5, 0.6) is 0 Å². The van der Waals surface area contributed by atoms with Gasteiger partial charge in [-0.3, -0.25) is 9.78 Å². The van der Waals surface area contributed by atoms with Gasteiger partial charge in [-0.25, -0.2) is 10.4 Å². The maximum absolute atomic E-state index is 11.9. The average Bonchev–Trinajstić information content (AvgIpc) is 3.28. The van der Waals surface area contributed by atoms with E-state index in [1.54, 1.807) is 41.9 Å². The topological polar surface area (TPSA) is 80.4 Å². The molecule has 4 aromatic rings. The number of nitrogens with zero attached hydrogens (tertiary/aromatic N) is 3. The molecule has 8 heteroatoms. The molecular weight excluding hydrogens is 368 g/mol. The summed E-state index contributed by atoms with van der Waals surface area (Å²) in [5.41, 5.74) is 3.92. The van der Waals surface area contributed by atoms with Crippen molar-refractivity contribution in [3.63, 3.8) is 0 Å². The number of hydrogen-bond donors (Lipinski definition) is 1. The highest BCUT2D eigenvalue weighted by Crippen LogP contribution is 2.34. The number of pyridine rings is 1. The lowest BCUT2D eigenvalue weighted by Gasteiger charge is -1.97. The number of aromatic nitrogens is 2. The van der Waals surface area contributed by atoms with Crippen LogP contribution in [0.25, 0.3) is 10.2 Å². The number of hydrogen-bond acceptors (Lipinski definition) is 7. The van der Waals surface area contributed by atoms with Gasteiger partial charge in [0, 0.05) is 18.0 Å². The van der Waals surface area contributed by atoms with Crippen molar-refractivity contribution in [1.29, 1.82) is 0 Å². The molecule has 1 amide bonds. The second-order valence-electron chi connectivity index (χ2n) is 5.14. The molecule has 128 valence electrons. The molecule has 0 aliphatic rings. The van der Waals surface area contributed by atoms with E-state index in [1.807, 2.05) is 30.3 Å². The zero-order valence-corrected chi connectivity index (χ0v) is 15.0. The van der Waals surface area contributed by atoms with Gasteiger partial charge in [-0.1, -0.05) is 12.1 Å². The molecule has 0 spiro atoms. The monoisotopic (exact) mass is 380 g/mol. The van der Waals surface area contributed by atoms with Crippen LogP contribution in [0.3, 0.4) is 0 Å². The van der Waals surface area contributed by atoms with E-state index in [2.05, 4.69) is 20.5 Å². The minimum absolute atomic E-state index is 0.306. The molecule has 0 bridgehead atoms. The number of rotatable bonds is 5. The van der Waals surface area contributed by atoms with E-state index in [9.17, 15) is 4.79 Å². The van der Waals surface area contributed by atoms with E-state index >= 15 is 0 Å². The number of nitrogens with one attached hydrogen (secondary N) is 1. The first-order chi connectivity index (χ1) is 12.8. The molecule has 0 aliphatic heterocycles. The Hall–Kier alpha value is -2.97. The summed E-state index contributed by atoms with van der Waals surface area (Å²) < 4.78 is 7.74. The van der Waals surface area contributed by atoms with Crippen molar-refractivity contribution in [2.24, 2.45) is 5.10 Å². The summed E-state index contributed by atoms with van der Waals surface area (Å²) in [6, 6.07) is 14.9. The summed E-state index contributed by atoms with van der Waals surface area (Å²) in [5, 5.41) is 4.63. The van der Waals surface area contributed by atoms with Crippen LogP contribution in [0, 0.1) is 0 Å². The van der Waals surface area contributed by atoms with Gasteiger partial charge < -0.3 is 4.42 Å². The van der Waals surface area contributed by atoms with Crippen molar-refractivity contribution in [3.05, 3.63) is 72.2 Å². The van der Waals surface area contributed by atoms with E-state index in [0.29, 0.717) is 16.4 Å². The van der Waals surface area contributed by atoms with Crippen LogP contribution in [0.1, 0.15) is 16.1 Å². The smallest absolute Gasteiger partial charge is 0.271 e. The number of hydrazone groups is 1. The highest BCUT2D eigenvalue weighted by Gasteiger charge is 2.08. The molecule has 1 aromatic carbocycles. The van der Waals surface area contributed by atoms with Crippen molar-refractivity contribution in [2.45, 2.75) is 9.43 Å². The summed E-state index contributed by atoms with van der Waals surface area (Å²) in [4.78, 5) is 20.3. The first kappa shape index (κ1) is 16.5. The third-order valence-corrected chi connectivity index (χ3v) is 5.38. The third kappa shape index (κ3) is 3.81. The molecule has 1 N–H and O–H groups in total. The fourth-order valence-corrected chi connectivity index (χ4v) is 4.13. The Morgan fingerprint density at radius 3 is 2.85 bits per heavy atom. The van der Waals surface area contributed by atoms with Crippen molar-refractivity contribution in [2.75, 3.05) is 0 Å². The molecule has 3 heterocycles. The van der Waals surface area contributed by atoms with Gasteiger partial charge in [0.1, 0.15) is 5.76 Å². The molecular formula is C18H12N4O2S2. The lowest BCUT2D eigenvalue weighted by atomic mass is 10.3. The molecule has 6 nitrogen and oxygen atoms in total. The van der Waals surface area contributed by atoms with Crippen LogP contribution >= 0.6 is 23.1 Å². The number of furan rings is 1. The van der Waals surface area contributed by atoms with E-state index in [1.165, 1.54) is 18.0 Å². The van der Waals surface area contributed by atoms with Gasteiger partial charge >= 0.3 is 0 Å². The van der Waals surface area contributed by atoms with E-state index in [-0.39, 0.29) is 5.91 Å².